The van der Waals surface area contributed by atoms with E-state index in [0.717, 1.165) is 23.1 Å². The molecule has 0 aliphatic rings. The lowest BCUT2D eigenvalue weighted by Gasteiger charge is -2.19. The average molecular weight is 291 g/mol. The molecule has 0 aliphatic heterocycles. The van der Waals surface area contributed by atoms with Gasteiger partial charge in [0.15, 0.2) is 11.6 Å². The van der Waals surface area contributed by atoms with Crippen molar-refractivity contribution in [3.05, 3.63) is 59.2 Å². The van der Waals surface area contributed by atoms with Gasteiger partial charge in [-0.3, -0.25) is 0 Å². The van der Waals surface area contributed by atoms with E-state index < -0.39 is 11.6 Å². The highest BCUT2D eigenvalue weighted by Crippen LogP contribution is 2.29. The molecule has 0 aliphatic carbocycles. The monoisotopic (exact) mass is 291 g/mol. The topological polar surface area (TPSA) is 21.3 Å². The minimum absolute atomic E-state index is 0.165. The largest absolute Gasteiger partial charge is 0.492 e. The molecular weight excluding hydrogens is 272 g/mol. The summed E-state index contributed by atoms with van der Waals surface area (Å²) in [4.78, 5) is 0. The lowest BCUT2D eigenvalue weighted by Crippen LogP contribution is -2.09. The summed E-state index contributed by atoms with van der Waals surface area (Å²) < 4.78 is 31.9. The number of ether oxygens (including phenoxy) is 1. The van der Waals surface area contributed by atoms with Crippen LogP contribution in [0.1, 0.15) is 31.0 Å². The van der Waals surface area contributed by atoms with Crippen LogP contribution in [-0.2, 0) is 0 Å². The number of benzene rings is 2. The predicted octanol–water partition coefficient (Wildman–Crippen LogP) is 4.85. The lowest BCUT2D eigenvalue weighted by atomic mass is 10.1. The van der Waals surface area contributed by atoms with E-state index >= 15 is 0 Å². The highest BCUT2D eigenvalue weighted by Gasteiger charge is 2.11. The summed E-state index contributed by atoms with van der Waals surface area (Å²) in [7, 11) is 0. The molecule has 0 spiro atoms. The summed E-state index contributed by atoms with van der Waals surface area (Å²) in [6, 6.07) is 9.61. The van der Waals surface area contributed by atoms with Gasteiger partial charge in [-0.15, -0.1) is 0 Å². The van der Waals surface area contributed by atoms with Crippen LogP contribution >= 0.6 is 0 Å². The Kier molecular flexibility index (Phi) is 4.78. The van der Waals surface area contributed by atoms with Gasteiger partial charge in [0.1, 0.15) is 5.75 Å². The third-order valence-electron chi connectivity index (χ3n) is 3.25. The van der Waals surface area contributed by atoms with Gasteiger partial charge in [0.25, 0.3) is 0 Å². The first kappa shape index (κ1) is 15.3. The fraction of sp³-hybridized carbons (Fsp3) is 0.294. The third-order valence-corrected chi connectivity index (χ3v) is 3.25. The van der Waals surface area contributed by atoms with E-state index in [1.165, 1.54) is 6.07 Å². The van der Waals surface area contributed by atoms with Crippen molar-refractivity contribution in [1.29, 1.82) is 0 Å². The van der Waals surface area contributed by atoms with Gasteiger partial charge in [0, 0.05) is 6.04 Å². The molecule has 0 aromatic heterocycles. The van der Waals surface area contributed by atoms with Crippen LogP contribution in [0.3, 0.4) is 0 Å². The van der Waals surface area contributed by atoms with Crippen molar-refractivity contribution in [1.82, 2.24) is 0 Å². The van der Waals surface area contributed by atoms with Crippen LogP contribution in [-0.4, -0.2) is 6.61 Å². The van der Waals surface area contributed by atoms with Crippen molar-refractivity contribution >= 4 is 5.69 Å². The molecule has 0 saturated carbocycles. The zero-order valence-corrected chi connectivity index (χ0v) is 12.4. The number of rotatable bonds is 5. The molecule has 1 unspecified atom stereocenters. The van der Waals surface area contributed by atoms with Gasteiger partial charge in [-0.25, -0.2) is 8.78 Å². The Bertz CT molecular complexity index is 628. The summed E-state index contributed by atoms with van der Waals surface area (Å²) in [6.07, 6.45) is 0. The standard InChI is InChI=1S/C17H19F2NO/c1-4-21-17-9-11(2)5-8-16(17)20-12(3)13-6-7-14(18)15(19)10-13/h5-10,12,20H,4H2,1-3H3. The molecule has 0 fully saturated rings. The minimum atomic E-state index is -0.838. The van der Waals surface area contributed by atoms with Crippen LogP contribution in [0.25, 0.3) is 0 Å². The quantitative estimate of drug-likeness (QED) is 0.850. The Morgan fingerprint density at radius 2 is 1.86 bits per heavy atom. The second kappa shape index (κ2) is 6.57. The minimum Gasteiger partial charge on any atom is -0.492 e. The van der Waals surface area contributed by atoms with E-state index in [0.29, 0.717) is 12.2 Å². The molecule has 2 nitrogen and oxygen atoms in total. The number of nitrogens with one attached hydrogen (secondary N) is 1. The van der Waals surface area contributed by atoms with E-state index in [9.17, 15) is 8.78 Å². The Morgan fingerprint density at radius 1 is 1.10 bits per heavy atom. The fourth-order valence-corrected chi connectivity index (χ4v) is 2.12. The van der Waals surface area contributed by atoms with Gasteiger partial charge in [-0.2, -0.15) is 0 Å². The molecular formula is C17H19F2NO. The number of anilines is 1. The molecule has 4 heteroatoms. The van der Waals surface area contributed by atoms with Crippen LogP contribution in [0.5, 0.6) is 5.75 Å². The first-order chi connectivity index (χ1) is 10.0. The second-order valence-electron chi connectivity index (χ2n) is 4.97. The maximum atomic E-state index is 13.3. The normalized spacial score (nSPS) is 12.0. The summed E-state index contributed by atoms with van der Waals surface area (Å²) in [5.74, 6) is -0.918. The zero-order valence-electron chi connectivity index (χ0n) is 12.4. The highest BCUT2D eigenvalue weighted by molar-refractivity contribution is 5.58. The van der Waals surface area contributed by atoms with E-state index in [2.05, 4.69) is 5.32 Å². The molecule has 1 N–H and O–H groups in total. The molecule has 2 aromatic carbocycles. The molecule has 0 saturated heterocycles. The van der Waals surface area contributed by atoms with Gasteiger partial charge in [0.05, 0.1) is 12.3 Å². The Morgan fingerprint density at radius 3 is 2.52 bits per heavy atom. The van der Waals surface area contributed by atoms with Gasteiger partial charge in [-0.1, -0.05) is 12.1 Å². The maximum absolute atomic E-state index is 13.3. The number of halogens is 2. The average Bonchev–Trinajstić information content (AvgIpc) is 2.45. The molecule has 2 rings (SSSR count). The number of hydrogen-bond donors (Lipinski definition) is 1. The van der Waals surface area contributed by atoms with Crippen LogP contribution in [0, 0.1) is 18.6 Å². The first-order valence-corrected chi connectivity index (χ1v) is 6.96. The molecule has 2 aromatic rings. The summed E-state index contributed by atoms with van der Waals surface area (Å²) in [5, 5.41) is 3.27. The molecule has 21 heavy (non-hydrogen) atoms. The van der Waals surface area contributed by atoms with Crippen LogP contribution < -0.4 is 10.1 Å². The van der Waals surface area contributed by atoms with Crippen molar-refractivity contribution in [2.24, 2.45) is 0 Å². The first-order valence-electron chi connectivity index (χ1n) is 6.96. The maximum Gasteiger partial charge on any atom is 0.159 e. The third kappa shape index (κ3) is 3.72. The van der Waals surface area contributed by atoms with Crippen molar-refractivity contribution in [2.45, 2.75) is 26.8 Å². The van der Waals surface area contributed by atoms with Gasteiger partial charge in [0.2, 0.25) is 0 Å². The highest BCUT2D eigenvalue weighted by atomic mass is 19.2. The SMILES string of the molecule is CCOc1cc(C)ccc1NC(C)c1ccc(F)c(F)c1. The van der Waals surface area contributed by atoms with Crippen LogP contribution in [0.4, 0.5) is 14.5 Å². The van der Waals surface area contributed by atoms with Crippen LogP contribution in [0.15, 0.2) is 36.4 Å². The summed E-state index contributed by atoms with van der Waals surface area (Å²) in [5.41, 5.74) is 2.61. The number of aryl methyl sites for hydroxylation is 1. The summed E-state index contributed by atoms with van der Waals surface area (Å²) >= 11 is 0. The lowest BCUT2D eigenvalue weighted by molar-refractivity contribution is 0.341. The van der Waals surface area contributed by atoms with Crippen molar-refractivity contribution in [3.8, 4) is 5.75 Å². The molecule has 112 valence electrons. The van der Waals surface area contributed by atoms with Gasteiger partial charge >= 0.3 is 0 Å². The van der Waals surface area contributed by atoms with Crippen molar-refractivity contribution < 1.29 is 13.5 Å². The van der Waals surface area contributed by atoms with Crippen LogP contribution in [0.2, 0.25) is 0 Å². The second-order valence-corrected chi connectivity index (χ2v) is 4.97. The fourth-order valence-electron chi connectivity index (χ4n) is 2.12. The Labute approximate surface area is 123 Å². The van der Waals surface area contributed by atoms with E-state index in [-0.39, 0.29) is 6.04 Å². The Hall–Kier alpha value is -2.10. The molecule has 0 bridgehead atoms. The Balaban J connectivity index is 2.22. The smallest absolute Gasteiger partial charge is 0.159 e. The van der Waals surface area contributed by atoms with Gasteiger partial charge < -0.3 is 10.1 Å². The van der Waals surface area contributed by atoms with Gasteiger partial charge in [-0.05, 0) is 56.2 Å². The van der Waals surface area contributed by atoms with E-state index in [1.54, 1.807) is 6.07 Å². The zero-order chi connectivity index (χ0) is 15.4. The molecule has 0 amide bonds. The molecule has 0 radical (unpaired) electrons. The predicted molar refractivity (Wildman–Crippen MR) is 80.7 cm³/mol. The molecule has 0 heterocycles. The van der Waals surface area contributed by atoms with Crippen molar-refractivity contribution in [2.75, 3.05) is 11.9 Å². The number of hydrogen-bond acceptors (Lipinski definition) is 2. The van der Waals surface area contributed by atoms with Crippen molar-refractivity contribution in [3.63, 3.8) is 0 Å². The van der Waals surface area contributed by atoms with E-state index in [1.807, 2.05) is 39.0 Å². The molecule has 1 atom stereocenters. The van der Waals surface area contributed by atoms with E-state index in [4.69, 9.17) is 4.74 Å². The summed E-state index contributed by atoms with van der Waals surface area (Å²) in [6.45, 7) is 6.37.